The topological polar surface area (TPSA) is 55.1 Å². The van der Waals surface area contributed by atoms with Crippen LogP contribution >= 0.6 is 23.6 Å². The standard InChI is InChI=1S/C15H22N2OS2/c1-3-15(4-2,14(16)19)17-13(18)12-9-10-7-5-6-8-11(10)20-12/h9H,3-8H2,1-2H3,(H2,16,19)(H,17,18). The molecule has 1 aliphatic rings. The zero-order valence-electron chi connectivity index (χ0n) is 12.1. The van der Waals surface area contributed by atoms with E-state index in [1.165, 1.54) is 23.3 Å². The molecule has 3 nitrogen and oxygen atoms in total. The summed E-state index contributed by atoms with van der Waals surface area (Å²) < 4.78 is 0. The summed E-state index contributed by atoms with van der Waals surface area (Å²) in [5.41, 5.74) is 6.63. The quantitative estimate of drug-likeness (QED) is 0.821. The maximum absolute atomic E-state index is 12.5. The number of thiocarbonyl (C=S) groups is 1. The van der Waals surface area contributed by atoms with Crippen molar-refractivity contribution in [3.05, 3.63) is 21.4 Å². The van der Waals surface area contributed by atoms with E-state index in [1.54, 1.807) is 11.3 Å². The third-order valence-corrected chi connectivity index (χ3v) is 5.88. The van der Waals surface area contributed by atoms with Crippen LogP contribution in [0.25, 0.3) is 0 Å². The Bertz CT molecular complexity index is 494. The molecule has 1 aliphatic carbocycles. The molecule has 110 valence electrons. The lowest BCUT2D eigenvalue weighted by molar-refractivity contribution is 0.0924. The number of hydrogen-bond acceptors (Lipinski definition) is 3. The lowest BCUT2D eigenvalue weighted by Gasteiger charge is -2.31. The normalized spacial score (nSPS) is 14.7. The highest BCUT2D eigenvalue weighted by atomic mass is 32.1. The maximum Gasteiger partial charge on any atom is 0.262 e. The average molecular weight is 310 g/mol. The summed E-state index contributed by atoms with van der Waals surface area (Å²) in [4.78, 5) is 15.0. The number of fused-ring (bicyclic) bond motifs is 1. The van der Waals surface area contributed by atoms with Gasteiger partial charge in [0.15, 0.2) is 0 Å². The van der Waals surface area contributed by atoms with Gasteiger partial charge < -0.3 is 11.1 Å². The third kappa shape index (κ3) is 2.88. The molecule has 1 amide bonds. The second kappa shape index (κ2) is 6.22. The van der Waals surface area contributed by atoms with Crippen molar-refractivity contribution in [2.75, 3.05) is 0 Å². The van der Waals surface area contributed by atoms with Crippen LogP contribution in [0.1, 0.15) is 59.6 Å². The molecule has 0 aromatic carbocycles. The molecule has 0 saturated carbocycles. The van der Waals surface area contributed by atoms with Crippen LogP contribution < -0.4 is 11.1 Å². The lowest BCUT2D eigenvalue weighted by Crippen LogP contribution is -2.55. The van der Waals surface area contributed by atoms with E-state index >= 15 is 0 Å². The largest absolute Gasteiger partial charge is 0.391 e. The minimum absolute atomic E-state index is 0.0408. The van der Waals surface area contributed by atoms with Crippen molar-refractivity contribution in [2.24, 2.45) is 5.73 Å². The number of aryl methyl sites for hydroxylation is 2. The first-order valence-electron chi connectivity index (χ1n) is 7.26. The number of hydrogen-bond donors (Lipinski definition) is 2. The molecule has 1 aromatic rings. The van der Waals surface area contributed by atoms with E-state index in [9.17, 15) is 4.79 Å². The summed E-state index contributed by atoms with van der Waals surface area (Å²) in [5, 5.41) is 3.06. The van der Waals surface area contributed by atoms with E-state index in [0.717, 1.165) is 30.6 Å². The predicted octanol–water partition coefficient (Wildman–Crippen LogP) is 3.20. The van der Waals surface area contributed by atoms with E-state index in [2.05, 4.69) is 5.32 Å². The zero-order chi connectivity index (χ0) is 14.8. The van der Waals surface area contributed by atoms with Gasteiger partial charge in [0.05, 0.1) is 15.4 Å². The molecule has 3 N–H and O–H groups in total. The van der Waals surface area contributed by atoms with Crippen molar-refractivity contribution in [2.45, 2.75) is 57.9 Å². The monoisotopic (exact) mass is 310 g/mol. The van der Waals surface area contributed by atoms with E-state index in [-0.39, 0.29) is 5.91 Å². The second-order valence-corrected chi connectivity index (χ2v) is 6.95. The summed E-state index contributed by atoms with van der Waals surface area (Å²) in [5.74, 6) is -0.0408. The number of carbonyl (C=O) groups excluding carboxylic acids is 1. The van der Waals surface area contributed by atoms with Gasteiger partial charge in [-0.3, -0.25) is 4.79 Å². The summed E-state index contributed by atoms with van der Waals surface area (Å²) in [7, 11) is 0. The van der Waals surface area contributed by atoms with Gasteiger partial charge in [-0.2, -0.15) is 0 Å². The van der Waals surface area contributed by atoms with Crippen LogP contribution in [0.15, 0.2) is 6.07 Å². The van der Waals surface area contributed by atoms with Crippen molar-refractivity contribution < 1.29 is 4.79 Å². The summed E-state index contributed by atoms with van der Waals surface area (Å²) in [6, 6.07) is 2.05. The molecule has 0 bridgehead atoms. The SMILES string of the molecule is CCC(CC)(NC(=O)c1cc2c(s1)CCCC2)C(N)=S. The van der Waals surface area contributed by atoms with Gasteiger partial charge >= 0.3 is 0 Å². The van der Waals surface area contributed by atoms with E-state index in [4.69, 9.17) is 18.0 Å². The van der Waals surface area contributed by atoms with E-state index in [0.29, 0.717) is 4.99 Å². The first-order valence-corrected chi connectivity index (χ1v) is 8.49. The molecule has 0 radical (unpaired) electrons. The number of nitrogens with one attached hydrogen (secondary N) is 1. The molecule has 20 heavy (non-hydrogen) atoms. The first-order chi connectivity index (χ1) is 9.52. The molecular weight excluding hydrogens is 288 g/mol. The Labute approximate surface area is 129 Å². The molecule has 2 rings (SSSR count). The number of amides is 1. The fourth-order valence-electron chi connectivity index (χ4n) is 2.72. The fourth-order valence-corrected chi connectivity index (χ4v) is 4.21. The van der Waals surface area contributed by atoms with Gasteiger partial charge in [0.25, 0.3) is 5.91 Å². The fraction of sp³-hybridized carbons (Fsp3) is 0.600. The van der Waals surface area contributed by atoms with Crippen LogP contribution in [0.2, 0.25) is 0 Å². The Morgan fingerprint density at radius 1 is 1.40 bits per heavy atom. The second-order valence-electron chi connectivity index (χ2n) is 5.37. The molecular formula is C15H22N2OS2. The van der Waals surface area contributed by atoms with Crippen molar-refractivity contribution in [3.8, 4) is 0 Å². The summed E-state index contributed by atoms with van der Waals surface area (Å²) in [6.07, 6.45) is 6.10. The maximum atomic E-state index is 12.5. The number of nitrogens with two attached hydrogens (primary N) is 1. The number of carbonyl (C=O) groups is 1. The van der Waals surface area contributed by atoms with Gasteiger partial charge in [0.1, 0.15) is 0 Å². The van der Waals surface area contributed by atoms with Gasteiger partial charge in [-0.15, -0.1) is 11.3 Å². The van der Waals surface area contributed by atoms with Crippen LogP contribution in [-0.4, -0.2) is 16.4 Å². The Morgan fingerprint density at radius 3 is 2.60 bits per heavy atom. The van der Waals surface area contributed by atoms with Crippen LogP contribution in [0.5, 0.6) is 0 Å². The molecule has 0 fully saturated rings. The van der Waals surface area contributed by atoms with Crippen LogP contribution in [0, 0.1) is 0 Å². The molecule has 1 aromatic heterocycles. The molecule has 5 heteroatoms. The molecule has 1 heterocycles. The molecule has 0 spiro atoms. The smallest absolute Gasteiger partial charge is 0.262 e. The van der Waals surface area contributed by atoms with Crippen molar-refractivity contribution in [1.29, 1.82) is 0 Å². The Kier molecular flexibility index (Phi) is 4.81. The van der Waals surface area contributed by atoms with Gasteiger partial charge in [0.2, 0.25) is 0 Å². The van der Waals surface area contributed by atoms with E-state index in [1.807, 2.05) is 19.9 Å². The number of thiophene rings is 1. The van der Waals surface area contributed by atoms with Crippen molar-refractivity contribution in [1.82, 2.24) is 5.32 Å². The third-order valence-electron chi connectivity index (χ3n) is 4.25. The highest BCUT2D eigenvalue weighted by molar-refractivity contribution is 7.80. The average Bonchev–Trinajstić information content (AvgIpc) is 2.88. The predicted molar refractivity (Wildman–Crippen MR) is 88.5 cm³/mol. The van der Waals surface area contributed by atoms with Gasteiger partial charge in [-0.1, -0.05) is 26.1 Å². The van der Waals surface area contributed by atoms with Gasteiger partial charge in [-0.05, 0) is 50.2 Å². The Morgan fingerprint density at radius 2 is 2.05 bits per heavy atom. The Balaban J connectivity index is 2.19. The Hall–Kier alpha value is -0.940. The van der Waals surface area contributed by atoms with Crippen LogP contribution in [0.4, 0.5) is 0 Å². The summed E-state index contributed by atoms with van der Waals surface area (Å²) >= 11 is 6.77. The molecule has 0 atom stereocenters. The number of rotatable bonds is 5. The minimum Gasteiger partial charge on any atom is -0.391 e. The van der Waals surface area contributed by atoms with Crippen molar-refractivity contribution in [3.63, 3.8) is 0 Å². The zero-order valence-corrected chi connectivity index (χ0v) is 13.8. The highest BCUT2D eigenvalue weighted by Gasteiger charge is 2.32. The first kappa shape index (κ1) is 15.4. The van der Waals surface area contributed by atoms with Gasteiger partial charge in [-0.25, -0.2) is 0 Å². The molecule has 0 saturated heterocycles. The van der Waals surface area contributed by atoms with E-state index < -0.39 is 5.54 Å². The highest BCUT2D eigenvalue weighted by Crippen LogP contribution is 2.30. The van der Waals surface area contributed by atoms with Crippen LogP contribution in [-0.2, 0) is 12.8 Å². The summed E-state index contributed by atoms with van der Waals surface area (Å²) in [6.45, 7) is 4.00. The lowest BCUT2D eigenvalue weighted by atomic mass is 9.92. The minimum atomic E-state index is -0.559. The molecule has 0 aliphatic heterocycles. The van der Waals surface area contributed by atoms with Gasteiger partial charge in [0, 0.05) is 4.88 Å². The molecule has 0 unspecified atom stereocenters. The van der Waals surface area contributed by atoms with Crippen molar-refractivity contribution >= 4 is 34.5 Å². The van der Waals surface area contributed by atoms with Crippen LogP contribution in [0.3, 0.4) is 0 Å².